The summed E-state index contributed by atoms with van der Waals surface area (Å²) in [7, 11) is 0. The van der Waals surface area contributed by atoms with Gasteiger partial charge in [0.2, 0.25) is 5.91 Å². The Morgan fingerprint density at radius 3 is 1.89 bits per heavy atom. The van der Waals surface area contributed by atoms with Gasteiger partial charge in [0.1, 0.15) is 12.1 Å². The lowest BCUT2D eigenvalue weighted by Crippen LogP contribution is -2.43. The van der Waals surface area contributed by atoms with E-state index in [1.165, 1.54) is 64.2 Å². The molecule has 3 unspecified atom stereocenters. The Morgan fingerprint density at radius 2 is 1.39 bits per heavy atom. The number of aliphatic carboxylic acids is 1. The predicted molar refractivity (Wildman–Crippen MR) is 146 cm³/mol. The van der Waals surface area contributed by atoms with Gasteiger partial charge >= 0.3 is 11.9 Å². The molecule has 4 atom stereocenters. The van der Waals surface area contributed by atoms with E-state index in [4.69, 9.17) is 4.74 Å². The van der Waals surface area contributed by atoms with E-state index >= 15 is 0 Å². The highest BCUT2D eigenvalue weighted by Crippen LogP contribution is 2.35. The fourth-order valence-electron chi connectivity index (χ4n) is 5.40. The van der Waals surface area contributed by atoms with Crippen LogP contribution < -0.4 is 5.32 Å². The zero-order valence-electron chi connectivity index (χ0n) is 23.7. The maximum atomic E-state index is 12.5. The van der Waals surface area contributed by atoms with Crippen LogP contribution in [0, 0.1) is 17.8 Å². The van der Waals surface area contributed by atoms with Crippen LogP contribution in [-0.2, 0) is 19.1 Å². The van der Waals surface area contributed by atoms with Crippen molar-refractivity contribution in [3.05, 3.63) is 0 Å². The third kappa shape index (κ3) is 14.8. The number of ether oxygens (including phenoxy) is 1. The first kappa shape index (κ1) is 32.4. The van der Waals surface area contributed by atoms with Gasteiger partial charge in [0.15, 0.2) is 0 Å². The largest absolute Gasteiger partial charge is 0.480 e. The molecule has 6 heteroatoms. The third-order valence-electron chi connectivity index (χ3n) is 7.76. The molecular formula is C30H55NO5. The van der Waals surface area contributed by atoms with Crippen LogP contribution >= 0.6 is 0 Å². The molecule has 1 aliphatic rings. The average Bonchev–Trinajstić information content (AvgIpc) is 2.81. The maximum absolute atomic E-state index is 12.5. The first-order valence-corrected chi connectivity index (χ1v) is 15.0. The van der Waals surface area contributed by atoms with Crippen molar-refractivity contribution in [1.29, 1.82) is 0 Å². The molecule has 1 saturated carbocycles. The SMILES string of the molecule is CCCCCCCCCCCCCCCC(=O)N[C@@H](CC(=O)OC1CC(C)CCC1C(C)C)C(=O)O. The zero-order valence-corrected chi connectivity index (χ0v) is 23.7. The van der Waals surface area contributed by atoms with E-state index in [-0.39, 0.29) is 18.4 Å². The first-order valence-electron chi connectivity index (χ1n) is 15.0. The minimum atomic E-state index is -1.23. The molecule has 0 radical (unpaired) electrons. The number of carboxylic acid groups (broad SMARTS) is 1. The molecular weight excluding hydrogens is 454 g/mol. The smallest absolute Gasteiger partial charge is 0.326 e. The van der Waals surface area contributed by atoms with Crippen LogP contribution in [0.5, 0.6) is 0 Å². The Bertz CT molecular complexity index is 620. The monoisotopic (exact) mass is 509 g/mol. The zero-order chi connectivity index (χ0) is 26.8. The molecule has 1 rings (SSSR count). The highest BCUT2D eigenvalue weighted by Gasteiger charge is 2.34. The van der Waals surface area contributed by atoms with Gasteiger partial charge in [0.25, 0.3) is 0 Å². The van der Waals surface area contributed by atoms with Gasteiger partial charge in [0, 0.05) is 6.42 Å². The lowest BCUT2D eigenvalue weighted by atomic mass is 9.75. The molecule has 0 heterocycles. The van der Waals surface area contributed by atoms with Gasteiger partial charge in [-0.05, 0) is 37.0 Å². The first-order chi connectivity index (χ1) is 17.2. The van der Waals surface area contributed by atoms with Crippen LogP contribution in [-0.4, -0.2) is 35.1 Å². The Labute approximate surface area is 220 Å². The Morgan fingerprint density at radius 1 is 0.861 bits per heavy atom. The van der Waals surface area contributed by atoms with Gasteiger partial charge in [-0.2, -0.15) is 0 Å². The van der Waals surface area contributed by atoms with Crippen LogP contribution in [0.2, 0.25) is 0 Å². The molecule has 1 amide bonds. The number of amides is 1. The second-order valence-electron chi connectivity index (χ2n) is 11.5. The van der Waals surface area contributed by atoms with E-state index in [2.05, 4.69) is 33.0 Å². The average molecular weight is 510 g/mol. The molecule has 0 aromatic carbocycles. The van der Waals surface area contributed by atoms with Crippen LogP contribution in [0.3, 0.4) is 0 Å². The van der Waals surface area contributed by atoms with Crippen molar-refractivity contribution in [2.75, 3.05) is 0 Å². The normalized spacial score (nSPS) is 20.8. The highest BCUT2D eigenvalue weighted by atomic mass is 16.5. The number of carbonyl (C=O) groups excluding carboxylic acids is 2. The minimum absolute atomic E-state index is 0.169. The van der Waals surface area contributed by atoms with E-state index < -0.39 is 18.0 Å². The number of hydrogen-bond donors (Lipinski definition) is 2. The van der Waals surface area contributed by atoms with Crippen molar-refractivity contribution in [3.8, 4) is 0 Å². The van der Waals surface area contributed by atoms with Crippen molar-refractivity contribution < 1.29 is 24.2 Å². The number of rotatable bonds is 20. The number of nitrogens with one attached hydrogen (secondary N) is 1. The molecule has 0 bridgehead atoms. The van der Waals surface area contributed by atoms with Gasteiger partial charge < -0.3 is 15.2 Å². The van der Waals surface area contributed by atoms with Crippen molar-refractivity contribution >= 4 is 17.8 Å². The quantitative estimate of drug-likeness (QED) is 0.131. The van der Waals surface area contributed by atoms with Gasteiger partial charge in [-0.3, -0.25) is 9.59 Å². The molecule has 2 N–H and O–H groups in total. The number of unbranched alkanes of at least 4 members (excludes halogenated alkanes) is 12. The molecule has 0 aromatic rings. The number of esters is 1. The lowest BCUT2D eigenvalue weighted by Gasteiger charge is -2.36. The summed E-state index contributed by atoms with van der Waals surface area (Å²) >= 11 is 0. The fraction of sp³-hybridized carbons (Fsp3) is 0.900. The van der Waals surface area contributed by atoms with Crippen LogP contribution in [0.1, 0.15) is 143 Å². The third-order valence-corrected chi connectivity index (χ3v) is 7.76. The number of hydrogen-bond acceptors (Lipinski definition) is 4. The molecule has 0 aliphatic heterocycles. The molecule has 210 valence electrons. The summed E-state index contributed by atoms with van der Waals surface area (Å²) in [6.07, 6.45) is 18.8. The Kier molecular flexibility index (Phi) is 17.6. The summed E-state index contributed by atoms with van der Waals surface area (Å²) in [5, 5.41) is 12.1. The van der Waals surface area contributed by atoms with Crippen LogP contribution in [0.25, 0.3) is 0 Å². The Balaban J connectivity index is 2.19. The summed E-state index contributed by atoms with van der Waals surface area (Å²) in [4.78, 5) is 36.5. The van der Waals surface area contributed by atoms with E-state index in [0.29, 0.717) is 24.2 Å². The van der Waals surface area contributed by atoms with E-state index in [1.54, 1.807) is 0 Å². The van der Waals surface area contributed by atoms with E-state index in [9.17, 15) is 19.5 Å². The van der Waals surface area contributed by atoms with Gasteiger partial charge in [-0.15, -0.1) is 0 Å². The molecule has 0 spiro atoms. The summed E-state index contributed by atoms with van der Waals surface area (Å²) in [6.45, 7) is 8.68. The molecule has 0 saturated heterocycles. The minimum Gasteiger partial charge on any atom is -0.480 e. The maximum Gasteiger partial charge on any atom is 0.326 e. The molecule has 36 heavy (non-hydrogen) atoms. The van der Waals surface area contributed by atoms with Gasteiger partial charge in [-0.25, -0.2) is 4.79 Å². The van der Waals surface area contributed by atoms with Gasteiger partial charge in [-0.1, -0.05) is 111 Å². The number of carbonyl (C=O) groups is 3. The molecule has 1 aliphatic carbocycles. The van der Waals surface area contributed by atoms with Crippen molar-refractivity contribution in [2.24, 2.45) is 17.8 Å². The summed E-state index contributed by atoms with van der Waals surface area (Å²) in [6, 6.07) is -1.23. The molecule has 6 nitrogen and oxygen atoms in total. The highest BCUT2D eigenvalue weighted by molar-refractivity contribution is 5.87. The van der Waals surface area contributed by atoms with Crippen molar-refractivity contribution in [2.45, 2.75) is 155 Å². The van der Waals surface area contributed by atoms with Crippen molar-refractivity contribution in [3.63, 3.8) is 0 Å². The molecule has 0 aromatic heterocycles. The van der Waals surface area contributed by atoms with E-state index in [1.807, 2.05) is 0 Å². The summed E-state index contributed by atoms with van der Waals surface area (Å²) in [5.41, 5.74) is 0. The van der Waals surface area contributed by atoms with Crippen LogP contribution in [0.15, 0.2) is 0 Å². The van der Waals surface area contributed by atoms with E-state index in [0.717, 1.165) is 38.5 Å². The molecule has 1 fully saturated rings. The standard InChI is InChI=1S/C30H55NO5/c1-5-6-7-8-9-10-11-12-13-14-15-16-17-18-28(32)31-26(30(34)35)22-29(33)36-27-21-24(4)19-20-25(27)23(2)3/h23-27H,5-22H2,1-4H3,(H,31,32)(H,34,35)/t24?,25?,26-,27?/m0/s1. The van der Waals surface area contributed by atoms with Crippen molar-refractivity contribution in [1.82, 2.24) is 5.32 Å². The predicted octanol–water partition coefficient (Wildman–Crippen LogP) is 7.43. The fourth-order valence-corrected chi connectivity index (χ4v) is 5.40. The topological polar surface area (TPSA) is 92.7 Å². The summed E-state index contributed by atoms with van der Waals surface area (Å²) < 4.78 is 5.73. The van der Waals surface area contributed by atoms with Gasteiger partial charge in [0.05, 0.1) is 6.42 Å². The number of carboxylic acids is 1. The van der Waals surface area contributed by atoms with Crippen LogP contribution in [0.4, 0.5) is 0 Å². The lowest BCUT2D eigenvalue weighted by molar-refractivity contribution is -0.159. The second kappa shape index (κ2) is 19.5. The Hall–Kier alpha value is -1.59. The second-order valence-corrected chi connectivity index (χ2v) is 11.5. The summed E-state index contributed by atoms with van der Waals surface area (Å²) in [5.74, 6) is -0.821.